The minimum absolute atomic E-state index is 0.0307. The second-order valence-electron chi connectivity index (χ2n) is 4.12. The Labute approximate surface area is 131 Å². The van der Waals surface area contributed by atoms with E-state index in [1.807, 2.05) is 0 Å². The number of anilines is 1. The Balaban J connectivity index is 2.31. The number of benzene rings is 2. The maximum absolute atomic E-state index is 13.6. The van der Waals surface area contributed by atoms with Crippen LogP contribution >= 0.6 is 23.8 Å². The molecule has 2 aromatic carbocycles. The molecule has 0 aliphatic rings. The van der Waals surface area contributed by atoms with E-state index in [4.69, 9.17) is 29.6 Å². The molecule has 0 unspecified atom stereocenters. The number of hydrogen-bond acceptors (Lipinski definition) is 3. The predicted molar refractivity (Wildman–Crippen MR) is 84.5 cm³/mol. The Bertz CT molecular complexity index is 792. The lowest BCUT2D eigenvalue weighted by molar-refractivity contribution is 0.598. The molecule has 0 saturated carbocycles. The Morgan fingerprint density at radius 1 is 1.19 bits per heavy atom. The molecule has 3 N–H and O–H groups in total. The lowest BCUT2D eigenvalue weighted by Gasteiger charge is -2.09. The highest BCUT2D eigenvalue weighted by molar-refractivity contribution is 7.92. The van der Waals surface area contributed by atoms with Gasteiger partial charge in [-0.25, -0.2) is 12.8 Å². The van der Waals surface area contributed by atoms with Crippen LogP contribution in [0.4, 0.5) is 10.1 Å². The summed E-state index contributed by atoms with van der Waals surface area (Å²) in [5.41, 5.74) is 5.80. The first-order valence-corrected chi connectivity index (χ1v) is 7.94. The molecule has 0 aliphatic carbocycles. The number of halogens is 2. The second kappa shape index (κ2) is 5.97. The average Bonchev–Trinajstić information content (AvgIpc) is 2.42. The van der Waals surface area contributed by atoms with E-state index < -0.39 is 15.8 Å². The molecule has 2 aromatic rings. The largest absolute Gasteiger partial charge is 0.389 e. The van der Waals surface area contributed by atoms with Gasteiger partial charge >= 0.3 is 0 Å². The molecule has 0 atom stereocenters. The highest BCUT2D eigenvalue weighted by Crippen LogP contribution is 2.22. The zero-order valence-electron chi connectivity index (χ0n) is 10.5. The van der Waals surface area contributed by atoms with Crippen LogP contribution in [0.25, 0.3) is 0 Å². The maximum atomic E-state index is 13.6. The monoisotopic (exact) mass is 344 g/mol. The number of nitrogens with one attached hydrogen (secondary N) is 1. The molecule has 0 spiro atoms. The van der Waals surface area contributed by atoms with Gasteiger partial charge in [-0.05, 0) is 30.3 Å². The van der Waals surface area contributed by atoms with Crippen molar-refractivity contribution >= 4 is 44.5 Å². The summed E-state index contributed by atoms with van der Waals surface area (Å²) >= 11 is 10.4. The van der Waals surface area contributed by atoms with Gasteiger partial charge in [0.25, 0.3) is 10.0 Å². The van der Waals surface area contributed by atoms with Crippen LogP contribution in [0.1, 0.15) is 5.56 Å². The molecule has 4 nitrogen and oxygen atoms in total. The highest BCUT2D eigenvalue weighted by atomic mass is 35.5. The van der Waals surface area contributed by atoms with Crippen molar-refractivity contribution in [3.8, 4) is 0 Å². The third-order valence-corrected chi connectivity index (χ3v) is 4.48. The summed E-state index contributed by atoms with van der Waals surface area (Å²) in [6.07, 6.45) is 0. The average molecular weight is 345 g/mol. The Hall–Kier alpha value is -1.70. The zero-order valence-corrected chi connectivity index (χ0v) is 12.9. The van der Waals surface area contributed by atoms with Crippen LogP contribution < -0.4 is 10.5 Å². The van der Waals surface area contributed by atoms with Gasteiger partial charge in [-0.15, -0.1) is 0 Å². The molecule has 0 heterocycles. The van der Waals surface area contributed by atoms with Crippen molar-refractivity contribution in [1.82, 2.24) is 0 Å². The van der Waals surface area contributed by atoms with E-state index in [1.54, 1.807) is 0 Å². The van der Waals surface area contributed by atoms with Crippen LogP contribution in [0.15, 0.2) is 47.4 Å². The zero-order chi connectivity index (χ0) is 15.6. The van der Waals surface area contributed by atoms with Crippen LogP contribution in [-0.4, -0.2) is 13.4 Å². The quantitative estimate of drug-likeness (QED) is 0.836. The summed E-state index contributed by atoms with van der Waals surface area (Å²) in [7, 11) is -3.91. The summed E-state index contributed by atoms with van der Waals surface area (Å²) in [6.45, 7) is 0. The van der Waals surface area contributed by atoms with Crippen LogP contribution in [0.5, 0.6) is 0 Å². The van der Waals surface area contributed by atoms with Gasteiger partial charge in [0.15, 0.2) is 0 Å². The van der Waals surface area contributed by atoms with Crippen LogP contribution in [0, 0.1) is 5.82 Å². The van der Waals surface area contributed by atoms with Crippen molar-refractivity contribution in [2.45, 2.75) is 4.90 Å². The number of nitrogens with two attached hydrogens (primary N) is 1. The van der Waals surface area contributed by atoms with Crippen molar-refractivity contribution in [1.29, 1.82) is 0 Å². The van der Waals surface area contributed by atoms with E-state index in [1.165, 1.54) is 36.4 Å². The first kappa shape index (κ1) is 15.7. The molecule has 110 valence electrons. The summed E-state index contributed by atoms with van der Waals surface area (Å²) in [5, 5.41) is 0.177. The number of rotatable bonds is 4. The summed E-state index contributed by atoms with van der Waals surface area (Å²) in [5.74, 6) is -0.758. The van der Waals surface area contributed by atoms with Crippen molar-refractivity contribution in [3.05, 3.63) is 58.9 Å². The van der Waals surface area contributed by atoms with Gasteiger partial charge in [-0.1, -0.05) is 36.0 Å². The lowest BCUT2D eigenvalue weighted by atomic mass is 10.2. The SMILES string of the molecule is NC(=S)c1ccc(S(=O)(=O)Nc2ccc(Cl)cc2F)cc1. The van der Waals surface area contributed by atoms with Crippen molar-refractivity contribution in [3.63, 3.8) is 0 Å². The standard InChI is InChI=1S/C13H10ClFN2O2S2/c14-9-3-6-12(11(15)7-9)17-21(18,19)10-4-1-8(2-5-10)13(16)20/h1-7,17H,(H2,16,20). The summed E-state index contributed by atoms with van der Waals surface area (Å²) in [4.78, 5) is 0.132. The van der Waals surface area contributed by atoms with E-state index in [0.717, 1.165) is 6.07 Å². The fourth-order valence-corrected chi connectivity index (χ4v) is 2.94. The van der Waals surface area contributed by atoms with Crippen LogP contribution in [0.3, 0.4) is 0 Å². The molecule has 0 amide bonds. The van der Waals surface area contributed by atoms with E-state index in [-0.39, 0.29) is 20.6 Å². The van der Waals surface area contributed by atoms with E-state index >= 15 is 0 Å². The normalized spacial score (nSPS) is 11.1. The van der Waals surface area contributed by atoms with Gasteiger partial charge in [0.1, 0.15) is 10.8 Å². The Morgan fingerprint density at radius 3 is 2.33 bits per heavy atom. The molecule has 0 saturated heterocycles. The molecule has 0 radical (unpaired) electrons. The van der Waals surface area contributed by atoms with Gasteiger partial charge in [-0.2, -0.15) is 0 Å². The molecule has 21 heavy (non-hydrogen) atoms. The van der Waals surface area contributed by atoms with E-state index in [2.05, 4.69) is 4.72 Å². The second-order valence-corrected chi connectivity index (χ2v) is 6.68. The maximum Gasteiger partial charge on any atom is 0.261 e. The Morgan fingerprint density at radius 2 is 1.81 bits per heavy atom. The highest BCUT2D eigenvalue weighted by Gasteiger charge is 2.16. The van der Waals surface area contributed by atoms with Gasteiger partial charge < -0.3 is 5.73 Å². The van der Waals surface area contributed by atoms with Gasteiger partial charge in [0, 0.05) is 10.6 Å². The van der Waals surface area contributed by atoms with Crippen LogP contribution in [-0.2, 0) is 10.0 Å². The minimum Gasteiger partial charge on any atom is -0.389 e. The third-order valence-electron chi connectivity index (χ3n) is 2.62. The van der Waals surface area contributed by atoms with E-state index in [9.17, 15) is 12.8 Å². The molecule has 0 fully saturated rings. The molecule has 0 aromatic heterocycles. The smallest absolute Gasteiger partial charge is 0.261 e. The summed E-state index contributed by atoms with van der Waals surface area (Å²) < 4.78 is 40.1. The number of thiocarbonyl (C=S) groups is 1. The topological polar surface area (TPSA) is 72.2 Å². The number of hydrogen-bond donors (Lipinski definition) is 2. The van der Waals surface area contributed by atoms with Crippen molar-refractivity contribution in [2.24, 2.45) is 5.73 Å². The molecule has 0 aliphatic heterocycles. The fourth-order valence-electron chi connectivity index (χ4n) is 1.57. The van der Waals surface area contributed by atoms with E-state index in [0.29, 0.717) is 5.56 Å². The third kappa shape index (κ3) is 3.69. The summed E-state index contributed by atoms with van der Waals surface area (Å²) in [6, 6.07) is 9.30. The fraction of sp³-hybridized carbons (Fsp3) is 0. The first-order valence-electron chi connectivity index (χ1n) is 5.67. The van der Waals surface area contributed by atoms with Crippen molar-refractivity contribution in [2.75, 3.05) is 4.72 Å². The van der Waals surface area contributed by atoms with Gasteiger partial charge in [0.05, 0.1) is 10.6 Å². The molecular weight excluding hydrogens is 335 g/mol. The molecule has 0 bridgehead atoms. The minimum atomic E-state index is -3.91. The van der Waals surface area contributed by atoms with Gasteiger partial charge in [0.2, 0.25) is 0 Å². The van der Waals surface area contributed by atoms with Gasteiger partial charge in [-0.3, -0.25) is 4.72 Å². The van der Waals surface area contributed by atoms with Crippen LogP contribution in [0.2, 0.25) is 5.02 Å². The molecule has 2 rings (SSSR count). The molecule has 8 heteroatoms. The molecular formula is C13H10ClFN2O2S2. The Kier molecular flexibility index (Phi) is 4.46. The van der Waals surface area contributed by atoms with Crippen molar-refractivity contribution < 1.29 is 12.8 Å². The lowest BCUT2D eigenvalue weighted by Crippen LogP contribution is -2.15. The predicted octanol–water partition coefficient (Wildman–Crippen LogP) is 2.91. The first-order chi connectivity index (χ1) is 9.79. The number of sulfonamides is 1.